The molecule has 0 aromatic carbocycles. The number of oxime groups is 1. The van der Waals surface area contributed by atoms with Crippen LogP contribution in [0.3, 0.4) is 0 Å². The quantitative estimate of drug-likeness (QED) is 0.251. The normalized spacial score (nSPS) is 31.3. The first-order valence-electron chi connectivity index (χ1n) is 6.90. The predicted molar refractivity (Wildman–Crippen MR) is 72.7 cm³/mol. The van der Waals surface area contributed by atoms with Gasteiger partial charge in [-0.25, -0.2) is 0 Å². The molecule has 0 aliphatic heterocycles. The van der Waals surface area contributed by atoms with Crippen molar-refractivity contribution in [3.8, 4) is 0 Å². The molecule has 0 aromatic rings. The summed E-state index contributed by atoms with van der Waals surface area (Å²) >= 11 is 0. The highest BCUT2D eigenvalue weighted by molar-refractivity contribution is 5.80. The van der Waals surface area contributed by atoms with Crippen molar-refractivity contribution in [2.45, 2.75) is 64.0 Å². The van der Waals surface area contributed by atoms with E-state index >= 15 is 0 Å². The lowest BCUT2D eigenvalue weighted by Crippen LogP contribution is -2.55. The summed E-state index contributed by atoms with van der Waals surface area (Å²) in [6.07, 6.45) is 5.79. The van der Waals surface area contributed by atoms with E-state index in [0.717, 1.165) is 25.7 Å². The van der Waals surface area contributed by atoms with Gasteiger partial charge in [-0.05, 0) is 25.2 Å². The molecule has 1 aliphatic carbocycles. The lowest BCUT2D eigenvalue weighted by molar-refractivity contribution is 0.0882. The Morgan fingerprint density at radius 3 is 2.83 bits per heavy atom. The van der Waals surface area contributed by atoms with Gasteiger partial charge >= 0.3 is 0 Å². The van der Waals surface area contributed by atoms with E-state index in [1.165, 1.54) is 6.42 Å². The van der Waals surface area contributed by atoms with Crippen molar-refractivity contribution >= 4 is 5.84 Å². The highest BCUT2D eigenvalue weighted by atomic mass is 16.4. The van der Waals surface area contributed by atoms with Gasteiger partial charge in [0.25, 0.3) is 0 Å². The minimum Gasteiger partial charge on any atom is -0.409 e. The van der Waals surface area contributed by atoms with Crippen LogP contribution in [0, 0.1) is 5.92 Å². The topological polar surface area (TPSA) is 90.9 Å². The number of aliphatic hydroxyl groups excluding tert-OH is 1. The van der Waals surface area contributed by atoms with Crippen LogP contribution >= 0.6 is 0 Å². The Labute approximate surface area is 109 Å². The van der Waals surface area contributed by atoms with E-state index in [-0.39, 0.29) is 24.0 Å². The average Bonchev–Trinajstić information content (AvgIpc) is 2.37. The Morgan fingerprint density at radius 2 is 2.33 bits per heavy atom. The molecule has 0 spiro atoms. The molecule has 0 radical (unpaired) electrons. The third kappa shape index (κ3) is 4.14. The fourth-order valence-electron chi connectivity index (χ4n) is 3.00. The number of nitrogens with two attached hydrogens (primary N) is 1. The maximum Gasteiger partial charge on any atom is 0.140 e. The van der Waals surface area contributed by atoms with Crippen LogP contribution in [0.25, 0.3) is 0 Å². The summed E-state index contributed by atoms with van der Waals surface area (Å²) in [5.41, 5.74) is 5.38. The Balaban J connectivity index is 2.64. The van der Waals surface area contributed by atoms with Crippen molar-refractivity contribution in [3.05, 3.63) is 0 Å². The van der Waals surface area contributed by atoms with Crippen molar-refractivity contribution in [1.29, 1.82) is 0 Å². The summed E-state index contributed by atoms with van der Waals surface area (Å²) in [5.74, 6) is 0.881. The van der Waals surface area contributed by atoms with Crippen LogP contribution in [0.5, 0.6) is 0 Å². The van der Waals surface area contributed by atoms with E-state index in [9.17, 15) is 5.11 Å². The molecule has 0 saturated heterocycles. The van der Waals surface area contributed by atoms with E-state index in [1.54, 1.807) is 0 Å². The number of amidine groups is 1. The molecule has 18 heavy (non-hydrogen) atoms. The number of nitrogens with one attached hydrogen (secondary N) is 1. The first-order chi connectivity index (χ1) is 8.55. The molecule has 3 unspecified atom stereocenters. The lowest BCUT2D eigenvalue weighted by atomic mass is 9.76. The van der Waals surface area contributed by atoms with Gasteiger partial charge in [-0.15, -0.1) is 0 Å². The molecular formula is C13H27N3O2. The summed E-state index contributed by atoms with van der Waals surface area (Å²) in [7, 11) is 0. The number of rotatable bonds is 6. The van der Waals surface area contributed by atoms with E-state index < -0.39 is 0 Å². The zero-order valence-electron chi connectivity index (χ0n) is 11.5. The van der Waals surface area contributed by atoms with Gasteiger partial charge in [-0.2, -0.15) is 0 Å². The van der Waals surface area contributed by atoms with Gasteiger partial charge in [0.05, 0.1) is 6.61 Å². The summed E-state index contributed by atoms with van der Waals surface area (Å²) in [6, 6.07) is 0.151. The molecule has 0 amide bonds. The number of hydrogen-bond donors (Lipinski definition) is 4. The zero-order chi connectivity index (χ0) is 13.6. The van der Waals surface area contributed by atoms with Crippen LogP contribution in [0.4, 0.5) is 0 Å². The van der Waals surface area contributed by atoms with Crippen LogP contribution < -0.4 is 11.1 Å². The molecule has 106 valence electrons. The maximum absolute atomic E-state index is 9.72. The molecule has 0 bridgehead atoms. The zero-order valence-corrected chi connectivity index (χ0v) is 11.5. The van der Waals surface area contributed by atoms with E-state index in [2.05, 4.69) is 24.3 Å². The third-order valence-electron chi connectivity index (χ3n) is 3.98. The number of nitrogens with zero attached hydrogens (tertiary/aromatic N) is 1. The Bertz CT molecular complexity index is 283. The number of hydrogen-bond acceptors (Lipinski definition) is 4. The van der Waals surface area contributed by atoms with E-state index in [4.69, 9.17) is 10.9 Å². The minimum atomic E-state index is -0.186. The van der Waals surface area contributed by atoms with Crippen molar-refractivity contribution in [2.24, 2.45) is 16.8 Å². The lowest BCUT2D eigenvalue weighted by Gasteiger charge is -2.42. The van der Waals surface area contributed by atoms with Crippen LogP contribution in [0.1, 0.15) is 52.4 Å². The fourth-order valence-corrected chi connectivity index (χ4v) is 3.00. The monoisotopic (exact) mass is 257 g/mol. The van der Waals surface area contributed by atoms with Crippen molar-refractivity contribution in [1.82, 2.24) is 5.32 Å². The Hall–Kier alpha value is -0.810. The van der Waals surface area contributed by atoms with Crippen LogP contribution in [-0.2, 0) is 0 Å². The molecular weight excluding hydrogens is 230 g/mol. The molecule has 1 fully saturated rings. The molecule has 1 saturated carbocycles. The minimum absolute atomic E-state index is 0.151. The van der Waals surface area contributed by atoms with Gasteiger partial charge in [0.1, 0.15) is 5.84 Å². The molecule has 1 aliphatic rings. The summed E-state index contributed by atoms with van der Waals surface area (Å²) in [4.78, 5) is 0. The Morgan fingerprint density at radius 1 is 1.61 bits per heavy atom. The van der Waals surface area contributed by atoms with Crippen LogP contribution in [0.2, 0.25) is 0 Å². The molecule has 5 N–H and O–H groups in total. The van der Waals surface area contributed by atoms with Gasteiger partial charge in [-0.1, -0.05) is 31.8 Å². The first kappa shape index (κ1) is 15.2. The second-order valence-corrected chi connectivity index (χ2v) is 5.68. The summed E-state index contributed by atoms with van der Waals surface area (Å²) in [5, 5.41) is 24.9. The SMILES string of the molecule is CCC(CC(N)=NO)NC1(CO)CCCC(C)C1. The van der Waals surface area contributed by atoms with Crippen molar-refractivity contribution in [3.63, 3.8) is 0 Å². The third-order valence-corrected chi connectivity index (χ3v) is 3.98. The van der Waals surface area contributed by atoms with Crippen LogP contribution in [0.15, 0.2) is 5.16 Å². The predicted octanol–water partition coefficient (Wildman–Crippen LogP) is 1.43. The van der Waals surface area contributed by atoms with Crippen LogP contribution in [-0.4, -0.2) is 34.3 Å². The molecule has 1 rings (SSSR count). The molecule has 3 atom stereocenters. The van der Waals surface area contributed by atoms with E-state index in [0.29, 0.717) is 12.3 Å². The van der Waals surface area contributed by atoms with Gasteiger partial charge < -0.3 is 21.4 Å². The fraction of sp³-hybridized carbons (Fsp3) is 0.923. The van der Waals surface area contributed by atoms with Crippen molar-refractivity contribution in [2.75, 3.05) is 6.61 Å². The van der Waals surface area contributed by atoms with Gasteiger partial charge in [0.2, 0.25) is 0 Å². The molecule has 0 heterocycles. The highest BCUT2D eigenvalue weighted by Crippen LogP contribution is 2.32. The highest BCUT2D eigenvalue weighted by Gasteiger charge is 2.35. The van der Waals surface area contributed by atoms with Crippen molar-refractivity contribution < 1.29 is 10.3 Å². The largest absolute Gasteiger partial charge is 0.409 e. The van der Waals surface area contributed by atoms with Gasteiger partial charge in [0, 0.05) is 18.0 Å². The average molecular weight is 257 g/mol. The molecule has 5 nitrogen and oxygen atoms in total. The summed E-state index contributed by atoms with van der Waals surface area (Å²) < 4.78 is 0. The molecule has 0 aromatic heterocycles. The van der Waals surface area contributed by atoms with Gasteiger partial charge in [0.15, 0.2) is 0 Å². The smallest absolute Gasteiger partial charge is 0.140 e. The standard InChI is InChI=1S/C13H27N3O2/c1-3-11(7-12(14)16-18)15-13(9-17)6-4-5-10(2)8-13/h10-11,15,17-18H,3-9H2,1-2H3,(H2,14,16). The summed E-state index contributed by atoms with van der Waals surface area (Å²) in [6.45, 7) is 4.46. The second-order valence-electron chi connectivity index (χ2n) is 5.68. The van der Waals surface area contributed by atoms with Gasteiger partial charge in [-0.3, -0.25) is 0 Å². The first-order valence-corrected chi connectivity index (χ1v) is 6.90. The van der Waals surface area contributed by atoms with E-state index in [1.807, 2.05) is 0 Å². The second kappa shape index (κ2) is 6.95. The Kier molecular flexibility index (Phi) is 5.88. The maximum atomic E-state index is 9.72. The molecule has 5 heteroatoms. The number of aliphatic hydroxyl groups is 1.